The summed E-state index contributed by atoms with van der Waals surface area (Å²) < 4.78 is 5.57. The van der Waals surface area contributed by atoms with Crippen molar-refractivity contribution in [1.29, 1.82) is 0 Å². The van der Waals surface area contributed by atoms with E-state index in [1.54, 1.807) is 0 Å². The molecule has 0 spiro atoms. The highest BCUT2D eigenvalue weighted by Crippen LogP contribution is 2.46. The summed E-state index contributed by atoms with van der Waals surface area (Å²) >= 11 is 0. The van der Waals surface area contributed by atoms with E-state index in [2.05, 4.69) is 31.4 Å². The first-order valence-electron chi connectivity index (χ1n) is 6.45. The van der Waals surface area contributed by atoms with Crippen LogP contribution in [0.15, 0.2) is 24.3 Å². The summed E-state index contributed by atoms with van der Waals surface area (Å²) in [5.41, 5.74) is 4.19. The minimum Gasteiger partial charge on any atom is -0.494 e. The minimum atomic E-state index is 0.283. The number of rotatable bonds is 6. The van der Waals surface area contributed by atoms with Crippen molar-refractivity contribution in [3.05, 3.63) is 29.8 Å². The summed E-state index contributed by atoms with van der Waals surface area (Å²) in [6.07, 6.45) is 2.30. The van der Waals surface area contributed by atoms with Crippen molar-refractivity contribution in [2.24, 2.45) is 17.7 Å². The van der Waals surface area contributed by atoms with Gasteiger partial charge in [0.25, 0.3) is 0 Å². The normalized spacial score (nSPS) is 24.4. The van der Waals surface area contributed by atoms with Crippen molar-refractivity contribution in [3.8, 4) is 5.75 Å². The van der Waals surface area contributed by atoms with E-state index in [0.29, 0.717) is 5.92 Å². The molecule has 1 aliphatic rings. The van der Waals surface area contributed by atoms with E-state index in [1.807, 2.05) is 12.1 Å². The number of hydrazine groups is 1. The summed E-state index contributed by atoms with van der Waals surface area (Å²) in [6, 6.07) is 8.57. The lowest BCUT2D eigenvalue weighted by atomic mass is 10.0. The fraction of sp³-hybridized carbons (Fsp3) is 0.571. The van der Waals surface area contributed by atoms with E-state index in [9.17, 15) is 0 Å². The van der Waals surface area contributed by atoms with Crippen molar-refractivity contribution >= 4 is 0 Å². The summed E-state index contributed by atoms with van der Waals surface area (Å²) in [5, 5.41) is 0. The average Bonchev–Trinajstić information content (AvgIpc) is 3.06. The molecule has 3 unspecified atom stereocenters. The molecule has 0 saturated heterocycles. The Morgan fingerprint density at radius 2 is 2.06 bits per heavy atom. The van der Waals surface area contributed by atoms with Gasteiger partial charge in [-0.2, -0.15) is 0 Å². The van der Waals surface area contributed by atoms with E-state index in [0.717, 1.165) is 24.7 Å². The SMILES string of the molecule is CCCOc1ccc(C(NN)C2CC2C)cc1. The van der Waals surface area contributed by atoms with Crippen LogP contribution in [0.5, 0.6) is 5.75 Å². The molecule has 2 rings (SSSR count). The van der Waals surface area contributed by atoms with E-state index in [-0.39, 0.29) is 6.04 Å². The first-order valence-corrected chi connectivity index (χ1v) is 6.45. The average molecular weight is 234 g/mol. The number of nitrogens with two attached hydrogens (primary N) is 1. The van der Waals surface area contributed by atoms with Crippen molar-refractivity contribution in [2.45, 2.75) is 32.7 Å². The van der Waals surface area contributed by atoms with Gasteiger partial charge < -0.3 is 4.74 Å². The van der Waals surface area contributed by atoms with E-state index in [4.69, 9.17) is 10.6 Å². The van der Waals surface area contributed by atoms with Gasteiger partial charge in [0, 0.05) is 6.04 Å². The predicted molar refractivity (Wildman–Crippen MR) is 69.6 cm³/mol. The first kappa shape index (κ1) is 12.4. The monoisotopic (exact) mass is 234 g/mol. The standard InChI is InChI=1S/C14H22N2O/c1-3-8-17-12-6-4-11(5-7-12)14(16-15)13-9-10(13)2/h4-7,10,13-14,16H,3,8-9,15H2,1-2H3. The molecule has 0 amide bonds. The van der Waals surface area contributed by atoms with Crippen LogP contribution in [0.1, 0.15) is 38.3 Å². The Morgan fingerprint density at radius 3 is 2.53 bits per heavy atom. The summed E-state index contributed by atoms with van der Waals surface area (Å²) in [4.78, 5) is 0. The molecule has 0 heterocycles. The predicted octanol–water partition coefficient (Wildman–Crippen LogP) is 2.64. The Kier molecular flexibility index (Phi) is 4.02. The van der Waals surface area contributed by atoms with E-state index < -0.39 is 0 Å². The van der Waals surface area contributed by atoms with Gasteiger partial charge in [-0.3, -0.25) is 11.3 Å². The van der Waals surface area contributed by atoms with Crippen molar-refractivity contribution < 1.29 is 4.74 Å². The fourth-order valence-electron chi connectivity index (χ4n) is 2.27. The van der Waals surface area contributed by atoms with Crippen LogP contribution in [0.25, 0.3) is 0 Å². The molecule has 0 aliphatic heterocycles. The van der Waals surface area contributed by atoms with Gasteiger partial charge in [-0.25, -0.2) is 0 Å². The topological polar surface area (TPSA) is 47.3 Å². The molecule has 3 atom stereocenters. The highest BCUT2D eigenvalue weighted by molar-refractivity contribution is 5.30. The van der Waals surface area contributed by atoms with E-state index >= 15 is 0 Å². The zero-order valence-corrected chi connectivity index (χ0v) is 10.6. The molecule has 3 N–H and O–H groups in total. The van der Waals surface area contributed by atoms with Gasteiger partial charge in [0.05, 0.1) is 6.61 Å². The maximum absolute atomic E-state index is 5.64. The van der Waals surface area contributed by atoms with E-state index in [1.165, 1.54) is 12.0 Å². The number of hydrogen-bond donors (Lipinski definition) is 2. The molecule has 0 radical (unpaired) electrons. The zero-order chi connectivity index (χ0) is 12.3. The molecule has 1 aromatic carbocycles. The molecule has 3 heteroatoms. The van der Waals surface area contributed by atoms with Crippen LogP contribution >= 0.6 is 0 Å². The Balaban J connectivity index is 2.00. The summed E-state index contributed by atoms with van der Waals surface area (Å²) in [6.45, 7) is 5.16. The second kappa shape index (κ2) is 5.52. The maximum atomic E-state index is 5.64. The Bertz CT molecular complexity index is 350. The fourth-order valence-corrected chi connectivity index (χ4v) is 2.27. The van der Waals surface area contributed by atoms with Crippen LogP contribution in [0.3, 0.4) is 0 Å². The third-order valence-electron chi connectivity index (χ3n) is 3.49. The van der Waals surface area contributed by atoms with Gasteiger partial charge in [-0.1, -0.05) is 26.0 Å². The van der Waals surface area contributed by atoms with Crippen LogP contribution in [0.2, 0.25) is 0 Å². The highest BCUT2D eigenvalue weighted by atomic mass is 16.5. The molecule has 1 aliphatic carbocycles. The second-order valence-electron chi connectivity index (χ2n) is 4.94. The molecule has 0 aromatic heterocycles. The Morgan fingerprint density at radius 1 is 1.41 bits per heavy atom. The smallest absolute Gasteiger partial charge is 0.119 e. The third-order valence-corrected chi connectivity index (χ3v) is 3.49. The van der Waals surface area contributed by atoms with Gasteiger partial charge >= 0.3 is 0 Å². The summed E-state index contributed by atoms with van der Waals surface area (Å²) in [5.74, 6) is 8.05. The summed E-state index contributed by atoms with van der Waals surface area (Å²) in [7, 11) is 0. The van der Waals surface area contributed by atoms with Crippen LogP contribution < -0.4 is 16.0 Å². The molecule has 1 fully saturated rings. The van der Waals surface area contributed by atoms with Crippen LogP contribution in [0.4, 0.5) is 0 Å². The van der Waals surface area contributed by atoms with Gasteiger partial charge in [0.1, 0.15) is 5.75 Å². The second-order valence-corrected chi connectivity index (χ2v) is 4.94. The lowest BCUT2D eigenvalue weighted by Crippen LogP contribution is -2.29. The van der Waals surface area contributed by atoms with Crippen molar-refractivity contribution in [2.75, 3.05) is 6.61 Å². The molecular weight excluding hydrogens is 212 g/mol. The highest BCUT2D eigenvalue weighted by Gasteiger charge is 2.39. The lowest BCUT2D eigenvalue weighted by molar-refractivity contribution is 0.317. The van der Waals surface area contributed by atoms with Crippen LogP contribution in [-0.4, -0.2) is 6.61 Å². The largest absolute Gasteiger partial charge is 0.494 e. The molecule has 1 saturated carbocycles. The molecule has 3 nitrogen and oxygen atoms in total. The molecule has 0 bridgehead atoms. The number of benzene rings is 1. The van der Waals surface area contributed by atoms with Gasteiger partial charge in [0.15, 0.2) is 0 Å². The quantitative estimate of drug-likeness (QED) is 0.587. The van der Waals surface area contributed by atoms with Gasteiger partial charge in [-0.05, 0) is 42.4 Å². The molecule has 1 aromatic rings. The number of ether oxygens (including phenoxy) is 1. The van der Waals surface area contributed by atoms with Gasteiger partial charge in [-0.15, -0.1) is 0 Å². The Hall–Kier alpha value is -1.06. The lowest BCUT2D eigenvalue weighted by Gasteiger charge is -2.16. The minimum absolute atomic E-state index is 0.283. The van der Waals surface area contributed by atoms with Crippen LogP contribution in [-0.2, 0) is 0 Å². The molecule has 94 valence electrons. The van der Waals surface area contributed by atoms with Gasteiger partial charge in [0.2, 0.25) is 0 Å². The maximum Gasteiger partial charge on any atom is 0.119 e. The Labute approximate surface area is 103 Å². The van der Waals surface area contributed by atoms with Crippen molar-refractivity contribution in [1.82, 2.24) is 5.43 Å². The zero-order valence-electron chi connectivity index (χ0n) is 10.6. The third kappa shape index (κ3) is 2.99. The van der Waals surface area contributed by atoms with Crippen molar-refractivity contribution in [3.63, 3.8) is 0 Å². The molecule has 17 heavy (non-hydrogen) atoms. The number of nitrogens with one attached hydrogen (secondary N) is 1. The first-order chi connectivity index (χ1) is 8.26. The number of hydrogen-bond acceptors (Lipinski definition) is 3. The molecular formula is C14H22N2O. The van der Waals surface area contributed by atoms with Crippen LogP contribution in [0, 0.1) is 11.8 Å².